The Morgan fingerprint density at radius 2 is 2.19 bits per heavy atom. The van der Waals surface area contributed by atoms with E-state index in [1.807, 2.05) is 0 Å². The van der Waals surface area contributed by atoms with Crippen LogP contribution in [-0.2, 0) is 4.74 Å². The zero-order valence-corrected chi connectivity index (χ0v) is 9.93. The van der Waals surface area contributed by atoms with Crippen LogP contribution in [0.4, 0.5) is 4.79 Å². The Morgan fingerprint density at radius 3 is 2.62 bits per heavy atom. The van der Waals surface area contributed by atoms with Crippen molar-refractivity contribution in [2.24, 2.45) is 0 Å². The quantitative estimate of drug-likeness (QED) is 0.643. The molecule has 1 amide bonds. The normalized spacial score (nSPS) is 26.1. The van der Waals surface area contributed by atoms with E-state index in [2.05, 4.69) is 6.58 Å². The molecule has 2 atom stereocenters. The van der Waals surface area contributed by atoms with Crippen LogP contribution in [0.25, 0.3) is 0 Å². The maximum absolute atomic E-state index is 11.8. The summed E-state index contributed by atoms with van der Waals surface area (Å²) in [6.45, 7) is 8.86. The first-order valence-corrected chi connectivity index (χ1v) is 5.22. The van der Waals surface area contributed by atoms with Gasteiger partial charge in [0.2, 0.25) is 0 Å². The molecule has 1 heterocycles. The van der Waals surface area contributed by atoms with Crippen molar-refractivity contribution in [1.82, 2.24) is 4.90 Å². The van der Waals surface area contributed by atoms with Crippen molar-refractivity contribution in [3.8, 4) is 0 Å². The molecule has 1 fully saturated rings. The summed E-state index contributed by atoms with van der Waals surface area (Å²) in [7, 11) is 0. The Morgan fingerprint density at radius 1 is 1.62 bits per heavy atom. The number of aliphatic hydroxyl groups excluding tert-OH is 2. The molecule has 1 aliphatic heterocycles. The van der Waals surface area contributed by atoms with E-state index in [1.54, 1.807) is 20.8 Å². The number of aliphatic hydroxyl groups is 2. The summed E-state index contributed by atoms with van der Waals surface area (Å²) in [4.78, 5) is 13.1. The number of rotatable bonds is 1. The molecule has 2 N–H and O–H groups in total. The van der Waals surface area contributed by atoms with Crippen molar-refractivity contribution < 1.29 is 19.7 Å². The molecule has 5 nitrogen and oxygen atoms in total. The Hall–Kier alpha value is -1.07. The van der Waals surface area contributed by atoms with Crippen molar-refractivity contribution in [2.75, 3.05) is 13.2 Å². The number of amides is 1. The van der Waals surface area contributed by atoms with Gasteiger partial charge in [0.15, 0.2) is 0 Å². The van der Waals surface area contributed by atoms with E-state index in [1.165, 1.54) is 4.90 Å². The summed E-state index contributed by atoms with van der Waals surface area (Å²) in [6.07, 6.45) is -1.42. The van der Waals surface area contributed by atoms with Gasteiger partial charge in [-0.25, -0.2) is 4.79 Å². The van der Waals surface area contributed by atoms with Gasteiger partial charge in [0, 0.05) is 6.54 Å². The molecule has 0 radical (unpaired) electrons. The van der Waals surface area contributed by atoms with Gasteiger partial charge in [0.25, 0.3) is 0 Å². The van der Waals surface area contributed by atoms with Crippen LogP contribution in [-0.4, -0.2) is 52.1 Å². The van der Waals surface area contributed by atoms with Gasteiger partial charge in [-0.15, -0.1) is 0 Å². The van der Waals surface area contributed by atoms with Gasteiger partial charge in [0.05, 0.1) is 18.8 Å². The third kappa shape index (κ3) is 2.74. The number of carbonyl (C=O) groups is 1. The molecular formula is C11H19NO4. The standard InChI is InChI=1S/C11H19NO4/c1-7-5-12(8(6-13)9(7)14)10(15)16-11(2,3)4/h8-9,13-14H,1,5-6H2,2-4H3/t8-,9+/m1/s1. The maximum atomic E-state index is 11.8. The minimum atomic E-state index is -0.877. The minimum Gasteiger partial charge on any atom is -0.444 e. The SMILES string of the molecule is C=C1CN(C(=O)OC(C)(C)C)[C@H](CO)[C@H]1O. The number of nitrogens with zero attached hydrogens (tertiary/aromatic N) is 1. The highest BCUT2D eigenvalue weighted by molar-refractivity contribution is 5.70. The van der Waals surface area contributed by atoms with Gasteiger partial charge < -0.3 is 14.9 Å². The Kier molecular flexibility index (Phi) is 3.60. The third-order valence-corrected chi connectivity index (χ3v) is 2.37. The molecule has 0 unspecified atom stereocenters. The minimum absolute atomic E-state index is 0.224. The molecule has 1 rings (SSSR count). The maximum Gasteiger partial charge on any atom is 0.411 e. The second kappa shape index (κ2) is 4.43. The first-order chi connectivity index (χ1) is 7.26. The molecule has 0 spiro atoms. The van der Waals surface area contributed by atoms with Crippen molar-refractivity contribution in [2.45, 2.75) is 38.5 Å². The van der Waals surface area contributed by atoms with E-state index < -0.39 is 23.8 Å². The Bertz CT molecular complexity index is 295. The molecule has 0 aliphatic carbocycles. The van der Waals surface area contributed by atoms with E-state index in [0.717, 1.165) is 0 Å². The van der Waals surface area contributed by atoms with Crippen LogP contribution in [0.5, 0.6) is 0 Å². The number of likely N-dealkylation sites (tertiary alicyclic amines) is 1. The summed E-state index contributed by atoms with van der Waals surface area (Å²) in [5, 5.41) is 18.8. The van der Waals surface area contributed by atoms with Crippen LogP contribution >= 0.6 is 0 Å². The van der Waals surface area contributed by atoms with E-state index in [9.17, 15) is 9.90 Å². The lowest BCUT2D eigenvalue weighted by Gasteiger charge is -2.28. The predicted molar refractivity (Wildman–Crippen MR) is 59.0 cm³/mol. The smallest absolute Gasteiger partial charge is 0.411 e. The van der Waals surface area contributed by atoms with E-state index >= 15 is 0 Å². The van der Waals surface area contributed by atoms with Crippen molar-refractivity contribution in [3.05, 3.63) is 12.2 Å². The zero-order valence-electron chi connectivity index (χ0n) is 9.93. The van der Waals surface area contributed by atoms with Crippen molar-refractivity contribution in [1.29, 1.82) is 0 Å². The van der Waals surface area contributed by atoms with E-state index in [-0.39, 0.29) is 13.2 Å². The molecule has 0 aromatic carbocycles. The fraction of sp³-hybridized carbons (Fsp3) is 0.727. The number of hydrogen-bond donors (Lipinski definition) is 2. The van der Waals surface area contributed by atoms with Gasteiger partial charge in [-0.3, -0.25) is 4.90 Å². The summed E-state index contributed by atoms with van der Waals surface area (Å²) < 4.78 is 5.17. The summed E-state index contributed by atoms with van der Waals surface area (Å²) >= 11 is 0. The van der Waals surface area contributed by atoms with Crippen molar-refractivity contribution in [3.63, 3.8) is 0 Å². The molecule has 0 aromatic heterocycles. The van der Waals surface area contributed by atoms with Crippen LogP contribution in [0, 0.1) is 0 Å². The van der Waals surface area contributed by atoms with Gasteiger partial charge in [-0.05, 0) is 26.3 Å². The second-order valence-corrected chi connectivity index (χ2v) is 4.96. The molecule has 0 saturated carbocycles. The number of hydrogen-bond acceptors (Lipinski definition) is 4. The fourth-order valence-electron chi connectivity index (χ4n) is 1.59. The van der Waals surface area contributed by atoms with Crippen LogP contribution < -0.4 is 0 Å². The van der Waals surface area contributed by atoms with Crippen LogP contribution in [0.1, 0.15) is 20.8 Å². The third-order valence-electron chi connectivity index (χ3n) is 2.37. The molecule has 5 heteroatoms. The molecular weight excluding hydrogens is 210 g/mol. The van der Waals surface area contributed by atoms with E-state index in [0.29, 0.717) is 5.57 Å². The average molecular weight is 229 g/mol. The summed E-state index contributed by atoms with van der Waals surface area (Å²) in [5.74, 6) is 0. The van der Waals surface area contributed by atoms with Crippen molar-refractivity contribution >= 4 is 6.09 Å². The highest BCUT2D eigenvalue weighted by Crippen LogP contribution is 2.23. The van der Waals surface area contributed by atoms with Gasteiger partial charge in [0.1, 0.15) is 5.60 Å². The highest BCUT2D eigenvalue weighted by atomic mass is 16.6. The lowest BCUT2D eigenvalue weighted by atomic mass is 10.1. The lowest BCUT2D eigenvalue weighted by Crippen LogP contribution is -2.44. The van der Waals surface area contributed by atoms with E-state index in [4.69, 9.17) is 9.84 Å². The largest absolute Gasteiger partial charge is 0.444 e. The fourth-order valence-corrected chi connectivity index (χ4v) is 1.59. The molecule has 1 saturated heterocycles. The molecule has 0 aromatic rings. The lowest BCUT2D eigenvalue weighted by molar-refractivity contribution is 0.00707. The second-order valence-electron chi connectivity index (χ2n) is 4.96. The predicted octanol–water partition coefficient (Wildman–Crippen LogP) is 0.515. The first-order valence-electron chi connectivity index (χ1n) is 5.22. The molecule has 16 heavy (non-hydrogen) atoms. The van der Waals surface area contributed by atoms with Crippen LogP contribution in [0.2, 0.25) is 0 Å². The van der Waals surface area contributed by atoms with Crippen LogP contribution in [0.15, 0.2) is 12.2 Å². The van der Waals surface area contributed by atoms with Crippen LogP contribution in [0.3, 0.4) is 0 Å². The molecule has 1 aliphatic rings. The molecule has 0 bridgehead atoms. The van der Waals surface area contributed by atoms with Gasteiger partial charge >= 0.3 is 6.09 Å². The summed E-state index contributed by atoms with van der Waals surface area (Å²) in [5.41, 5.74) is -0.0729. The molecule has 92 valence electrons. The summed E-state index contributed by atoms with van der Waals surface area (Å²) in [6, 6.07) is -0.651. The van der Waals surface area contributed by atoms with Gasteiger partial charge in [-0.1, -0.05) is 6.58 Å². The number of ether oxygens (including phenoxy) is 1. The van der Waals surface area contributed by atoms with Gasteiger partial charge in [-0.2, -0.15) is 0 Å². The Balaban J connectivity index is 2.73. The first kappa shape index (κ1) is 13.0. The highest BCUT2D eigenvalue weighted by Gasteiger charge is 2.39. The number of carbonyl (C=O) groups excluding carboxylic acids is 1. The zero-order chi connectivity index (χ0) is 12.5. The Labute approximate surface area is 95.3 Å². The average Bonchev–Trinajstić information content (AvgIpc) is 2.40. The topological polar surface area (TPSA) is 70.0 Å². The monoisotopic (exact) mass is 229 g/mol.